The van der Waals surface area contributed by atoms with E-state index in [0.717, 1.165) is 18.4 Å². The maximum Gasteiger partial charge on any atom is 0.325 e. The van der Waals surface area contributed by atoms with E-state index in [1.165, 1.54) is 0 Å². The van der Waals surface area contributed by atoms with Crippen LogP contribution in [0.1, 0.15) is 35.7 Å². The van der Waals surface area contributed by atoms with E-state index < -0.39 is 0 Å². The zero-order valence-electron chi connectivity index (χ0n) is 11.7. The molecule has 0 unspecified atom stereocenters. The molecular weight excluding hydrogens is 278 g/mol. The standard InChI is InChI=1S/C15H18ClNO3/c1-3-20-14(18)9-17(11-5-6-11)15(19)12-7-4-10(2)8-13(12)16/h4,7-8,11H,3,5-6,9H2,1-2H3. The van der Waals surface area contributed by atoms with Crippen LogP contribution in [-0.4, -0.2) is 36.0 Å². The van der Waals surface area contributed by atoms with Gasteiger partial charge in [-0.2, -0.15) is 0 Å². The van der Waals surface area contributed by atoms with Crippen molar-refractivity contribution >= 4 is 23.5 Å². The molecule has 1 fully saturated rings. The lowest BCUT2D eigenvalue weighted by Gasteiger charge is -2.22. The fourth-order valence-corrected chi connectivity index (χ4v) is 2.36. The second-order valence-corrected chi connectivity index (χ2v) is 5.36. The van der Waals surface area contributed by atoms with Gasteiger partial charge < -0.3 is 9.64 Å². The Balaban J connectivity index is 2.16. The van der Waals surface area contributed by atoms with Gasteiger partial charge in [-0.1, -0.05) is 17.7 Å². The number of amides is 1. The number of halogens is 1. The highest BCUT2D eigenvalue weighted by Crippen LogP contribution is 2.29. The van der Waals surface area contributed by atoms with E-state index in [9.17, 15) is 9.59 Å². The average Bonchev–Trinajstić information content (AvgIpc) is 3.20. The summed E-state index contributed by atoms with van der Waals surface area (Å²) in [6.45, 7) is 3.97. The van der Waals surface area contributed by atoms with Crippen molar-refractivity contribution < 1.29 is 14.3 Å². The van der Waals surface area contributed by atoms with Gasteiger partial charge in [-0.3, -0.25) is 9.59 Å². The van der Waals surface area contributed by atoms with Crippen LogP contribution in [0.3, 0.4) is 0 Å². The van der Waals surface area contributed by atoms with Crippen LogP contribution in [0, 0.1) is 6.92 Å². The highest BCUT2D eigenvalue weighted by Gasteiger charge is 2.35. The molecule has 108 valence electrons. The minimum absolute atomic E-state index is 0.0124. The van der Waals surface area contributed by atoms with Gasteiger partial charge in [0.1, 0.15) is 6.54 Å². The highest BCUT2D eigenvalue weighted by atomic mass is 35.5. The van der Waals surface area contributed by atoms with Crippen LogP contribution in [-0.2, 0) is 9.53 Å². The van der Waals surface area contributed by atoms with E-state index in [1.54, 1.807) is 24.0 Å². The minimum Gasteiger partial charge on any atom is -0.465 e. The number of hydrogen-bond donors (Lipinski definition) is 0. The molecule has 1 aliphatic carbocycles. The van der Waals surface area contributed by atoms with Crippen molar-refractivity contribution in [3.05, 3.63) is 34.3 Å². The molecule has 5 heteroatoms. The lowest BCUT2D eigenvalue weighted by atomic mass is 10.1. The van der Waals surface area contributed by atoms with Gasteiger partial charge in [-0.15, -0.1) is 0 Å². The van der Waals surface area contributed by atoms with E-state index in [4.69, 9.17) is 16.3 Å². The Hall–Kier alpha value is -1.55. The van der Waals surface area contributed by atoms with Gasteiger partial charge in [0.15, 0.2) is 0 Å². The van der Waals surface area contributed by atoms with E-state index in [2.05, 4.69) is 0 Å². The predicted molar refractivity (Wildman–Crippen MR) is 76.9 cm³/mol. The van der Waals surface area contributed by atoms with Crippen molar-refractivity contribution in [3.8, 4) is 0 Å². The summed E-state index contributed by atoms with van der Waals surface area (Å²) in [5.41, 5.74) is 1.43. The quantitative estimate of drug-likeness (QED) is 0.785. The van der Waals surface area contributed by atoms with Gasteiger partial charge in [0.25, 0.3) is 5.91 Å². The Labute approximate surface area is 123 Å². The third-order valence-electron chi connectivity index (χ3n) is 3.21. The summed E-state index contributed by atoms with van der Waals surface area (Å²) < 4.78 is 4.92. The minimum atomic E-state index is -0.379. The first-order valence-electron chi connectivity index (χ1n) is 6.75. The molecule has 4 nitrogen and oxygen atoms in total. The second-order valence-electron chi connectivity index (χ2n) is 4.95. The van der Waals surface area contributed by atoms with Gasteiger partial charge in [0.05, 0.1) is 17.2 Å². The number of ether oxygens (including phenoxy) is 1. The van der Waals surface area contributed by atoms with E-state index >= 15 is 0 Å². The van der Waals surface area contributed by atoms with Crippen LogP contribution in [0.15, 0.2) is 18.2 Å². The van der Waals surface area contributed by atoms with Crippen molar-refractivity contribution in [3.63, 3.8) is 0 Å². The molecule has 1 aromatic carbocycles. The Morgan fingerprint density at radius 3 is 2.65 bits per heavy atom. The first-order valence-corrected chi connectivity index (χ1v) is 7.13. The van der Waals surface area contributed by atoms with Crippen molar-refractivity contribution in [2.45, 2.75) is 32.7 Å². The van der Waals surface area contributed by atoms with Crippen LogP contribution in [0.2, 0.25) is 5.02 Å². The van der Waals surface area contributed by atoms with Crippen LogP contribution in [0.4, 0.5) is 0 Å². The molecule has 0 aromatic heterocycles. The Bertz CT molecular complexity index is 526. The number of rotatable bonds is 5. The maximum absolute atomic E-state index is 12.5. The predicted octanol–water partition coefficient (Wildman–Crippen LogP) is 2.82. The molecule has 1 amide bonds. The summed E-state index contributed by atoms with van der Waals surface area (Å²) in [5.74, 6) is -0.582. The normalized spacial score (nSPS) is 13.9. The van der Waals surface area contributed by atoms with E-state index in [0.29, 0.717) is 17.2 Å². The number of aryl methyl sites for hydroxylation is 1. The molecule has 1 aromatic rings. The average molecular weight is 296 g/mol. The molecule has 0 saturated heterocycles. The lowest BCUT2D eigenvalue weighted by Crippen LogP contribution is -2.38. The number of nitrogens with zero attached hydrogens (tertiary/aromatic N) is 1. The molecular formula is C15H18ClNO3. The molecule has 0 atom stereocenters. The summed E-state index contributed by atoms with van der Waals surface area (Å²) in [5, 5.41) is 0.421. The summed E-state index contributed by atoms with van der Waals surface area (Å²) in [7, 11) is 0. The summed E-state index contributed by atoms with van der Waals surface area (Å²) in [6, 6.07) is 5.43. The monoisotopic (exact) mass is 295 g/mol. The zero-order valence-corrected chi connectivity index (χ0v) is 12.4. The van der Waals surface area contributed by atoms with Gasteiger partial charge in [-0.05, 0) is 44.4 Å². The number of hydrogen-bond acceptors (Lipinski definition) is 3. The van der Waals surface area contributed by atoms with Crippen molar-refractivity contribution in [1.82, 2.24) is 4.90 Å². The number of benzene rings is 1. The lowest BCUT2D eigenvalue weighted by molar-refractivity contribution is -0.144. The van der Waals surface area contributed by atoms with Gasteiger partial charge in [0.2, 0.25) is 0 Å². The fraction of sp³-hybridized carbons (Fsp3) is 0.467. The van der Waals surface area contributed by atoms with Crippen LogP contribution >= 0.6 is 11.6 Å². The van der Waals surface area contributed by atoms with Crippen molar-refractivity contribution in [1.29, 1.82) is 0 Å². The third kappa shape index (κ3) is 3.51. The van der Waals surface area contributed by atoms with Gasteiger partial charge in [0, 0.05) is 6.04 Å². The highest BCUT2D eigenvalue weighted by molar-refractivity contribution is 6.33. The van der Waals surface area contributed by atoms with Gasteiger partial charge >= 0.3 is 5.97 Å². The molecule has 1 saturated carbocycles. The van der Waals surface area contributed by atoms with E-state index in [-0.39, 0.29) is 24.5 Å². The molecule has 20 heavy (non-hydrogen) atoms. The van der Waals surface area contributed by atoms with Crippen molar-refractivity contribution in [2.24, 2.45) is 0 Å². The molecule has 0 aliphatic heterocycles. The molecule has 0 spiro atoms. The Kier molecular flexibility index (Phi) is 4.65. The summed E-state index contributed by atoms with van der Waals surface area (Å²) in [4.78, 5) is 25.7. The summed E-state index contributed by atoms with van der Waals surface area (Å²) in [6.07, 6.45) is 1.85. The van der Waals surface area contributed by atoms with Crippen LogP contribution in [0.5, 0.6) is 0 Å². The number of carbonyl (C=O) groups is 2. The fourth-order valence-electron chi connectivity index (χ4n) is 2.05. The third-order valence-corrected chi connectivity index (χ3v) is 3.52. The molecule has 0 radical (unpaired) electrons. The second kappa shape index (κ2) is 6.27. The number of carbonyl (C=O) groups excluding carboxylic acids is 2. The first kappa shape index (κ1) is 14.9. The molecule has 0 heterocycles. The smallest absolute Gasteiger partial charge is 0.325 e. The van der Waals surface area contributed by atoms with E-state index in [1.807, 2.05) is 13.0 Å². The largest absolute Gasteiger partial charge is 0.465 e. The zero-order chi connectivity index (χ0) is 14.7. The topological polar surface area (TPSA) is 46.6 Å². The number of esters is 1. The molecule has 2 rings (SSSR count). The van der Waals surface area contributed by atoms with Crippen LogP contribution in [0.25, 0.3) is 0 Å². The van der Waals surface area contributed by atoms with Crippen molar-refractivity contribution in [2.75, 3.05) is 13.2 Å². The first-order chi connectivity index (χ1) is 9.52. The summed E-state index contributed by atoms with van der Waals surface area (Å²) >= 11 is 6.13. The van der Waals surface area contributed by atoms with Gasteiger partial charge in [-0.25, -0.2) is 0 Å². The van der Waals surface area contributed by atoms with Crippen LogP contribution < -0.4 is 0 Å². The molecule has 1 aliphatic rings. The Morgan fingerprint density at radius 1 is 1.40 bits per heavy atom. The molecule has 0 N–H and O–H groups in total. The SMILES string of the molecule is CCOC(=O)CN(C(=O)c1ccc(C)cc1Cl)C1CC1. The molecule has 0 bridgehead atoms. The Morgan fingerprint density at radius 2 is 2.10 bits per heavy atom. The maximum atomic E-state index is 12.5.